The molecule has 0 radical (unpaired) electrons. The number of halogens is 3. The second-order valence-electron chi connectivity index (χ2n) is 5.74. The number of anilines is 1. The molecule has 1 atom stereocenters. The number of alkyl halides is 3. The molecule has 2 aliphatic rings. The minimum absolute atomic E-state index is 0.0413. The van der Waals surface area contributed by atoms with Crippen molar-refractivity contribution in [2.45, 2.75) is 24.7 Å². The van der Waals surface area contributed by atoms with Gasteiger partial charge in [0.25, 0.3) is 0 Å². The normalized spacial score (nSPS) is 25.6. The molecule has 0 aromatic heterocycles. The van der Waals surface area contributed by atoms with E-state index in [0.717, 1.165) is 30.9 Å². The van der Waals surface area contributed by atoms with E-state index in [1.807, 2.05) is 0 Å². The average molecular weight is 286 g/mol. The van der Waals surface area contributed by atoms with Crippen LogP contribution in [0.1, 0.15) is 12.5 Å². The summed E-state index contributed by atoms with van der Waals surface area (Å²) in [5, 5.41) is 3.52. The van der Waals surface area contributed by atoms with E-state index in [2.05, 4.69) is 17.1 Å². The predicted octanol–water partition coefficient (Wildman–Crippen LogP) is 2.27. The molecule has 110 valence electrons. The third-order valence-electron chi connectivity index (χ3n) is 3.85. The molecule has 1 N–H and O–H groups in total. The quantitative estimate of drug-likeness (QED) is 0.857. The number of nitrogens with zero attached hydrogens (tertiary/aromatic N) is 1. The van der Waals surface area contributed by atoms with E-state index in [0.29, 0.717) is 19.3 Å². The van der Waals surface area contributed by atoms with E-state index in [4.69, 9.17) is 4.74 Å². The number of benzene rings is 1. The van der Waals surface area contributed by atoms with Gasteiger partial charge in [-0.05, 0) is 31.2 Å². The molecule has 2 saturated heterocycles. The van der Waals surface area contributed by atoms with Crippen LogP contribution < -0.4 is 10.2 Å². The summed E-state index contributed by atoms with van der Waals surface area (Å²) in [5.41, 5.74) is 0.174. The van der Waals surface area contributed by atoms with Crippen LogP contribution in [-0.4, -0.2) is 37.9 Å². The maximum atomic E-state index is 12.5. The van der Waals surface area contributed by atoms with Crippen molar-refractivity contribution in [3.8, 4) is 0 Å². The SMILES string of the molecule is CC1COCC2(CN(c3ccc(C(F)(F)F)cc3)C2)N1. The first-order chi connectivity index (χ1) is 9.38. The fourth-order valence-corrected chi connectivity index (χ4v) is 2.95. The second-order valence-corrected chi connectivity index (χ2v) is 5.74. The van der Waals surface area contributed by atoms with Crippen molar-refractivity contribution in [2.24, 2.45) is 0 Å². The molecule has 1 aromatic rings. The van der Waals surface area contributed by atoms with Gasteiger partial charge in [0, 0.05) is 24.8 Å². The van der Waals surface area contributed by atoms with Crippen LogP contribution in [0.15, 0.2) is 24.3 Å². The van der Waals surface area contributed by atoms with Gasteiger partial charge in [-0.15, -0.1) is 0 Å². The molecule has 20 heavy (non-hydrogen) atoms. The van der Waals surface area contributed by atoms with Gasteiger partial charge in [-0.25, -0.2) is 0 Å². The van der Waals surface area contributed by atoms with Crippen LogP contribution in [0.5, 0.6) is 0 Å². The van der Waals surface area contributed by atoms with Crippen molar-refractivity contribution < 1.29 is 17.9 Å². The monoisotopic (exact) mass is 286 g/mol. The lowest BCUT2D eigenvalue weighted by Gasteiger charge is -2.54. The Bertz CT molecular complexity index is 480. The second kappa shape index (κ2) is 4.63. The zero-order valence-electron chi connectivity index (χ0n) is 11.2. The third kappa shape index (κ3) is 2.50. The fourth-order valence-electron chi connectivity index (χ4n) is 2.95. The first-order valence-corrected chi connectivity index (χ1v) is 6.66. The molecular formula is C14H17F3N2O. The first kappa shape index (κ1) is 13.7. The van der Waals surface area contributed by atoms with Crippen LogP contribution in [0.2, 0.25) is 0 Å². The first-order valence-electron chi connectivity index (χ1n) is 6.66. The Morgan fingerprint density at radius 2 is 1.90 bits per heavy atom. The number of morpholine rings is 1. The average Bonchev–Trinajstić information content (AvgIpc) is 2.35. The number of hydrogen-bond donors (Lipinski definition) is 1. The highest BCUT2D eigenvalue weighted by atomic mass is 19.4. The smallest absolute Gasteiger partial charge is 0.378 e. The molecule has 0 saturated carbocycles. The lowest BCUT2D eigenvalue weighted by molar-refractivity contribution is -0.137. The summed E-state index contributed by atoms with van der Waals surface area (Å²) in [7, 11) is 0. The summed E-state index contributed by atoms with van der Waals surface area (Å²) in [5.74, 6) is 0. The highest BCUT2D eigenvalue weighted by Crippen LogP contribution is 2.33. The van der Waals surface area contributed by atoms with Gasteiger partial charge >= 0.3 is 6.18 Å². The van der Waals surface area contributed by atoms with E-state index < -0.39 is 11.7 Å². The molecule has 2 heterocycles. The van der Waals surface area contributed by atoms with Crippen molar-refractivity contribution >= 4 is 5.69 Å². The van der Waals surface area contributed by atoms with Crippen molar-refractivity contribution in [3.63, 3.8) is 0 Å². The number of ether oxygens (including phenoxy) is 1. The number of hydrogen-bond acceptors (Lipinski definition) is 3. The van der Waals surface area contributed by atoms with Gasteiger partial charge in [0.15, 0.2) is 0 Å². The minimum atomic E-state index is -4.27. The number of nitrogens with one attached hydrogen (secondary N) is 1. The third-order valence-corrected chi connectivity index (χ3v) is 3.85. The zero-order valence-corrected chi connectivity index (χ0v) is 11.2. The van der Waals surface area contributed by atoms with E-state index >= 15 is 0 Å². The van der Waals surface area contributed by atoms with E-state index in [9.17, 15) is 13.2 Å². The Balaban J connectivity index is 1.65. The summed E-state index contributed by atoms with van der Waals surface area (Å²) < 4.78 is 43.1. The minimum Gasteiger partial charge on any atom is -0.378 e. The van der Waals surface area contributed by atoms with Gasteiger partial charge in [-0.1, -0.05) is 0 Å². The Kier molecular flexibility index (Phi) is 3.17. The summed E-state index contributed by atoms with van der Waals surface area (Å²) in [6.07, 6.45) is -4.27. The van der Waals surface area contributed by atoms with Gasteiger partial charge in [-0.2, -0.15) is 13.2 Å². The molecule has 1 spiro atoms. The standard InChI is InChI=1S/C14H17F3N2O/c1-10-6-20-9-13(18-10)7-19(8-13)12-4-2-11(3-5-12)14(15,16)17/h2-5,10,18H,6-9H2,1H3. The molecule has 3 rings (SSSR count). The van der Waals surface area contributed by atoms with Gasteiger partial charge in [0.1, 0.15) is 0 Å². The van der Waals surface area contributed by atoms with Crippen molar-refractivity contribution in [3.05, 3.63) is 29.8 Å². The Morgan fingerprint density at radius 3 is 2.45 bits per heavy atom. The summed E-state index contributed by atoms with van der Waals surface area (Å²) in [6.45, 7) is 4.98. The van der Waals surface area contributed by atoms with Crippen LogP contribution in [0.3, 0.4) is 0 Å². The molecule has 2 fully saturated rings. The van der Waals surface area contributed by atoms with Crippen molar-refractivity contribution in [1.29, 1.82) is 0 Å². The van der Waals surface area contributed by atoms with Gasteiger partial charge in [0.05, 0.1) is 24.3 Å². The molecular weight excluding hydrogens is 269 g/mol. The van der Waals surface area contributed by atoms with Crippen LogP contribution in [0.25, 0.3) is 0 Å². The Hall–Kier alpha value is -1.27. The predicted molar refractivity (Wildman–Crippen MR) is 69.8 cm³/mol. The number of rotatable bonds is 1. The molecule has 1 aromatic carbocycles. The van der Waals surface area contributed by atoms with Crippen molar-refractivity contribution in [1.82, 2.24) is 5.32 Å². The van der Waals surface area contributed by atoms with Crippen LogP contribution in [0, 0.1) is 0 Å². The summed E-state index contributed by atoms with van der Waals surface area (Å²) in [4.78, 5) is 2.06. The molecule has 0 aliphatic carbocycles. The Labute approximate surface area is 115 Å². The van der Waals surface area contributed by atoms with Gasteiger partial charge < -0.3 is 15.0 Å². The van der Waals surface area contributed by atoms with E-state index in [1.165, 1.54) is 12.1 Å². The maximum absolute atomic E-state index is 12.5. The van der Waals surface area contributed by atoms with E-state index in [-0.39, 0.29) is 5.54 Å². The lowest BCUT2D eigenvalue weighted by Crippen LogP contribution is -2.75. The largest absolute Gasteiger partial charge is 0.416 e. The Morgan fingerprint density at radius 1 is 1.25 bits per heavy atom. The van der Waals surface area contributed by atoms with Crippen LogP contribution in [0.4, 0.5) is 18.9 Å². The molecule has 0 bridgehead atoms. The molecule has 1 unspecified atom stereocenters. The topological polar surface area (TPSA) is 24.5 Å². The van der Waals surface area contributed by atoms with Crippen molar-refractivity contribution in [2.75, 3.05) is 31.2 Å². The van der Waals surface area contributed by atoms with Gasteiger partial charge in [0.2, 0.25) is 0 Å². The zero-order chi connectivity index (χ0) is 14.4. The molecule has 2 aliphatic heterocycles. The highest BCUT2D eigenvalue weighted by Gasteiger charge is 2.46. The highest BCUT2D eigenvalue weighted by molar-refractivity contribution is 5.52. The summed E-state index contributed by atoms with van der Waals surface area (Å²) >= 11 is 0. The fraction of sp³-hybridized carbons (Fsp3) is 0.571. The summed E-state index contributed by atoms with van der Waals surface area (Å²) in [6, 6.07) is 5.64. The maximum Gasteiger partial charge on any atom is 0.416 e. The van der Waals surface area contributed by atoms with Crippen LogP contribution in [-0.2, 0) is 10.9 Å². The van der Waals surface area contributed by atoms with Crippen LogP contribution >= 0.6 is 0 Å². The van der Waals surface area contributed by atoms with E-state index in [1.54, 1.807) is 0 Å². The molecule has 3 nitrogen and oxygen atoms in total. The molecule has 0 amide bonds. The lowest BCUT2D eigenvalue weighted by atomic mass is 9.88. The molecule has 6 heteroatoms. The van der Waals surface area contributed by atoms with Gasteiger partial charge in [-0.3, -0.25) is 0 Å².